The minimum atomic E-state index is -0.454. The first kappa shape index (κ1) is 25.0. The van der Waals surface area contributed by atoms with Gasteiger partial charge in [-0.3, -0.25) is 0 Å². The summed E-state index contributed by atoms with van der Waals surface area (Å²) in [6.45, 7) is 5.01. The van der Waals surface area contributed by atoms with Crippen LogP contribution >= 0.6 is 0 Å². The van der Waals surface area contributed by atoms with Gasteiger partial charge in [-0.05, 0) is 37.1 Å². The molecule has 0 aliphatic heterocycles. The van der Waals surface area contributed by atoms with Crippen LogP contribution in [-0.2, 0) is 9.47 Å². The minimum absolute atomic E-state index is 0.0296. The number of benzene rings is 2. The molecule has 0 aliphatic carbocycles. The standard InChI is InChI=1S/2C12H16O3/c2*1-2-3-6-9-15-12(14)10-7-4-5-8-11(10)13/h2*4-5,7-8,13H,2-3,6,9H2,1H3. The van der Waals surface area contributed by atoms with Crippen LogP contribution in [0.5, 0.6) is 11.5 Å². The third-order valence-electron chi connectivity index (χ3n) is 4.21. The molecule has 0 unspecified atom stereocenters. The molecule has 2 aromatic rings. The number of hydrogen-bond donors (Lipinski definition) is 2. The fourth-order valence-electron chi connectivity index (χ4n) is 2.48. The smallest absolute Gasteiger partial charge is 0.341 e. The van der Waals surface area contributed by atoms with E-state index in [-0.39, 0.29) is 22.6 Å². The number of carbonyl (C=O) groups is 2. The molecule has 0 aliphatic rings. The predicted octanol–water partition coefficient (Wildman–Crippen LogP) is 5.48. The van der Waals surface area contributed by atoms with E-state index in [4.69, 9.17) is 9.47 Å². The van der Waals surface area contributed by atoms with E-state index in [0.717, 1.165) is 38.5 Å². The molecular weight excluding hydrogens is 384 g/mol. The summed E-state index contributed by atoms with van der Waals surface area (Å²) < 4.78 is 10.0. The van der Waals surface area contributed by atoms with E-state index in [2.05, 4.69) is 13.8 Å². The van der Waals surface area contributed by atoms with E-state index in [9.17, 15) is 19.8 Å². The summed E-state index contributed by atoms with van der Waals surface area (Å²) in [5.74, 6) is -0.968. The van der Waals surface area contributed by atoms with E-state index in [0.29, 0.717) is 13.2 Å². The summed E-state index contributed by atoms with van der Waals surface area (Å²) in [4.78, 5) is 22.9. The highest BCUT2D eigenvalue weighted by molar-refractivity contribution is 5.92. The van der Waals surface area contributed by atoms with Gasteiger partial charge in [-0.15, -0.1) is 0 Å². The molecule has 0 heterocycles. The highest BCUT2D eigenvalue weighted by atomic mass is 16.5. The summed E-state index contributed by atoms with van der Waals surface area (Å²) in [7, 11) is 0. The molecule has 2 N–H and O–H groups in total. The number of phenolic OH excluding ortho intramolecular Hbond substituents is 2. The highest BCUT2D eigenvalue weighted by Gasteiger charge is 2.11. The van der Waals surface area contributed by atoms with Gasteiger partial charge in [0.2, 0.25) is 0 Å². The summed E-state index contributed by atoms with van der Waals surface area (Å²) in [5.41, 5.74) is 0.461. The number of aromatic hydroxyl groups is 2. The average molecular weight is 417 g/mol. The van der Waals surface area contributed by atoms with Gasteiger partial charge in [0.15, 0.2) is 0 Å². The molecule has 0 aromatic heterocycles. The Morgan fingerprint density at radius 2 is 1.03 bits per heavy atom. The molecule has 164 valence electrons. The van der Waals surface area contributed by atoms with Crippen LogP contribution < -0.4 is 0 Å². The Bertz CT molecular complexity index is 706. The first-order valence-corrected chi connectivity index (χ1v) is 10.4. The van der Waals surface area contributed by atoms with Gasteiger partial charge in [-0.2, -0.15) is 0 Å². The van der Waals surface area contributed by atoms with Gasteiger partial charge in [-0.25, -0.2) is 9.59 Å². The van der Waals surface area contributed by atoms with E-state index >= 15 is 0 Å². The zero-order valence-corrected chi connectivity index (χ0v) is 17.8. The fourth-order valence-corrected chi connectivity index (χ4v) is 2.48. The molecular formula is C24H32O6. The number of para-hydroxylation sites is 2. The number of rotatable bonds is 10. The average Bonchev–Trinajstić information content (AvgIpc) is 2.75. The molecule has 6 nitrogen and oxygen atoms in total. The Morgan fingerprint density at radius 3 is 1.37 bits per heavy atom. The van der Waals surface area contributed by atoms with Crippen LogP contribution in [0.1, 0.15) is 73.1 Å². The fraction of sp³-hybridized carbons (Fsp3) is 0.417. The van der Waals surface area contributed by atoms with Crippen molar-refractivity contribution in [2.75, 3.05) is 13.2 Å². The van der Waals surface area contributed by atoms with Crippen LogP contribution in [0, 0.1) is 0 Å². The first-order chi connectivity index (χ1) is 14.5. The minimum Gasteiger partial charge on any atom is -0.507 e. The van der Waals surface area contributed by atoms with Gasteiger partial charge in [0.25, 0.3) is 0 Å². The maximum absolute atomic E-state index is 11.4. The van der Waals surface area contributed by atoms with Crippen LogP contribution in [0.2, 0.25) is 0 Å². The monoisotopic (exact) mass is 416 g/mol. The molecule has 0 bridgehead atoms. The van der Waals surface area contributed by atoms with Gasteiger partial charge < -0.3 is 19.7 Å². The van der Waals surface area contributed by atoms with Crippen molar-refractivity contribution in [3.8, 4) is 11.5 Å². The number of phenols is 2. The van der Waals surface area contributed by atoms with Gasteiger partial charge in [0, 0.05) is 0 Å². The molecule has 0 radical (unpaired) electrons. The van der Waals surface area contributed by atoms with Crippen molar-refractivity contribution >= 4 is 11.9 Å². The van der Waals surface area contributed by atoms with Crippen molar-refractivity contribution < 1.29 is 29.3 Å². The Balaban J connectivity index is 0.000000300. The molecule has 0 atom stereocenters. The largest absolute Gasteiger partial charge is 0.507 e. The first-order valence-electron chi connectivity index (χ1n) is 10.4. The van der Waals surface area contributed by atoms with Crippen molar-refractivity contribution in [2.24, 2.45) is 0 Å². The van der Waals surface area contributed by atoms with E-state index in [1.165, 1.54) is 12.1 Å². The van der Waals surface area contributed by atoms with Crippen molar-refractivity contribution in [1.82, 2.24) is 0 Å². The zero-order valence-electron chi connectivity index (χ0n) is 17.8. The van der Waals surface area contributed by atoms with Crippen molar-refractivity contribution in [3.05, 3.63) is 59.7 Å². The molecule has 0 fully saturated rings. The summed E-state index contributed by atoms with van der Waals surface area (Å²) in [5, 5.41) is 18.8. The molecule has 2 aromatic carbocycles. The van der Waals surface area contributed by atoms with Crippen molar-refractivity contribution in [3.63, 3.8) is 0 Å². The van der Waals surface area contributed by atoms with Gasteiger partial charge in [0.05, 0.1) is 13.2 Å². The lowest BCUT2D eigenvalue weighted by atomic mass is 10.2. The SMILES string of the molecule is CCCCCOC(=O)c1ccccc1O.CCCCCOC(=O)c1ccccc1O. The van der Waals surface area contributed by atoms with Gasteiger partial charge >= 0.3 is 11.9 Å². The summed E-state index contributed by atoms with van der Waals surface area (Å²) in [6.07, 6.45) is 6.02. The maximum Gasteiger partial charge on any atom is 0.341 e. The lowest BCUT2D eigenvalue weighted by molar-refractivity contribution is 0.0485. The second kappa shape index (κ2) is 14.9. The quantitative estimate of drug-likeness (QED) is 0.394. The number of hydrogen-bond acceptors (Lipinski definition) is 6. The third kappa shape index (κ3) is 9.45. The Kier molecular flexibility index (Phi) is 12.4. The van der Waals surface area contributed by atoms with E-state index in [1.54, 1.807) is 36.4 Å². The topological polar surface area (TPSA) is 93.1 Å². The maximum atomic E-state index is 11.4. The number of unbranched alkanes of at least 4 members (excludes halogenated alkanes) is 4. The van der Waals surface area contributed by atoms with Crippen LogP contribution in [0.4, 0.5) is 0 Å². The number of carbonyl (C=O) groups excluding carboxylic acids is 2. The Labute approximate surface area is 178 Å². The Morgan fingerprint density at radius 1 is 0.667 bits per heavy atom. The molecule has 0 saturated carbocycles. The summed E-state index contributed by atoms with van der Waals surface area (Å²) in [6, 6.07) is 12.8. The van der Waals surface area contributed by atoms with Crippen molar-refractivity contribution in [2.45, 2.75) is 52.4 Å². The van der Waals surface area contributed by atoms with Crippen LogP contribution in [0.3, 0.4) is 0 Å². The number of ether oxygens (including phenoxy) is 2. The third-order valence-corrected chi connectivity index (χ3v) is 4.21. The molecule has 0 saturated heterocycles. The molecule has 0 spiro atoms. The lowest BCUT2D eigenvalue weighted by Gasteiger charge is -2.05. The lowest BCUT2D eigenvalue weighted by Crippen LogP contribution is -2.06. The molecule has 2 rings (SSSR count). The highest BCUT2D eigenvalue weighted by Crippen LogP contribution is 2.17. The van der Waals surface area contributed by atoms with Gasteiger partial charge in [0.1, 0.15) is 22.6 Å². The zero-order chi connectivity index (χ0) is 22.2. The van der Waals surface area contributed by atoms with E-state index in [1.807, 2.05) is 0 Å². The van der Waals surface area contributed by atoms with Crippen LogP contribution in [-0.4, -0.2) is 35.4 Å². The predicted molar refractivity (Wildman–Crippen MR) is 116 cm³/mol. The Hall–Kier alpha value is -3.02. The molecule has 6 heteroatoms. The van der Waals surface area contributed by atoms with E-state index < -0.39 is 11.9 Å². The van der Waals surface area contributed by atoms with Crippen LogP contribution in [0.25, 0.3) is 0 Å². The van der Waals surface area contributed by atoms with Crippen LogP contribution in [0.15, 0.2) is 48.5 Å². The second-order valence-electron chi connectivity index (χ2n) is 6.72. The summed E-state index contributed by atoms with van der Waals surface area (Å²) >= 11 is 0. The second-order valence-corrected chi connectivity index (χ2v) is 6.72. The molecule has 30 heavy (non-hydrogen) atoms. The molecule has 0 amide bonds. The van der Waals surface area contributed by atoms with Gasteiger partial charge in [-0.1, -0.05) is 63.8 Å². The van der Waals surface area contributed by atoms with Crippen molar-refractivity contribution in [1.29, 1.82) is 0 Å². The normalized spacial score (nSPS) is 9.93. The number of esters is 2.